The van der Waals surface area contributed by atoms with Crippen LogP contribution in [0.4, 0.5) is 0 Å². The van der Waals surface area contributed by atoms with Crippen LogP contribution in [0.5, 0.6) is 0 Å². The molecule has 70 valence electrons. The summed E-state index contributed by atoms with van der Waals surface area (Å²) >= 11 is 0. The average Bonchev–Trinajstić information content (AvgIpc) is 2.02. The van der Waals surface area contributed by atoms with Crippen LogP contribution in [0.25, 0.3) is 0 Å². The Morgan fingerprint density at radius 3 is 2.25 bits per heavy atom. The summed E-state index contributed by atoms with van der Waals surface area (Å²) in [7, 11) is 1.26. The SMILES string of the molecule is COC(=O)[C@@H](C)NC(=O)C(C)N. The smallest absolute Gasteiger partial charge is 0.328 e. The highest BCUT2D eigenvalue weighted by molar-refractivity contribution is 5.86. The third-order valence-corrected chi connectivity index (χ3v) is 1.33. The van der Waals surface area contributed by atoms with Crippen molar-refractivity contribution in [3.05, 3.63) is 0 Å². The van der Waals surface area contributed by atoms with E-state index in [1.54, 1.807) is 6.92 Å². The maximum atomic E-state index is 10.9. The van der Waals surface area contributed by atoms with Gasteiger partial charge in [-0.25, -0.2) is 4.79 Å². The van der Waals surface area contributed by atoms with Crippen molar-refractivity contribution in [2.24, 2.45) is 5.73 Å². The topological polar surface area (TPSA) is 81.4 Å². The first kappa shape index (κ1) is 10.9. The van der Waals surface area contributed by atoms with E-state index < -0.39 is 18.1 Å². The fraction of sp³-hybridized carbons (Fsp3) is 0.714. The molecule has 3 N–H and O–H groups in total. The Balaban J connectivity index is 3.92. The lowest BCUT2D eigenvalue weighted by Gasteiger charge is -2.12. The molecule has 0 spiro atoms. The lowest BCUT2D eigenvalue weighted by molar-refractivity contribution is -0.144. The van der Waals surface area contributed by atoms with E-state index in [2.05, 4.69) is 10.1 Å². The van der Waals surface area contributed by atoms with Crippen LogP contribution in [-0.2, 0) is 14.3 Å². The van der Waals surface area contributed by atoms with E-state index in [9.17, 15) is 9.59 Å². The van der Waals surface area contributed by atoms with Gasteiger partial charge in [0.2, 0.25) is 5.91 Å². The van der Waals surface area contributed by atoms with Gasteiger partial charge in [0.25, 0.3) is 0 Å². The Morgan fingerprint density at radius 1 is 1.42 bits per heavy atom. The van der Waals surface area contributed by atoms with Crippen LogP contribution in [0.3, 0.4) is 0 Å². The molecule has 5 heteroatoms. The number of carbonyl (C=O) groups excluding carboxylic acids is 2. The Kier molecular flexibility index (Phi) is 4.28. The number of nitrogens with two attached hydrogens (primary N) is 1. The molecule has 5 nitrogen and oxygen atoms in total. The highest BCUT2D eigenvalue weighted by atomic mass is 16.5. The Bertz CT molecular complexity index is 179. The van der Waals surface area contributed by atoms with Crippen LogP contribution in [0.1, 0.15) is 13.8 Å². The summed E-state index contributed by atoms with van der Waals surface area (Å²) in [5.74, 6) is -0.850. The summed E-state index contributed by atoms with van der Waals surface area (Å²) < 4.78 is 4.40. The van der Waals surface area contributed by atoms with Gasteiger partial charge in [-0.05, 0) is 13.8 Å². The minimum atomic E-state index is -0.645. The largest absolute Gasteiger partial charge is 0.467 e. The van der Waals surface area contributed by atoms with Crippen molar-refractivity contribution in [1.82, 2.24) is 5.32 Å². The molecule has 2 atom stereocenters. The summed E-state index contributed by atoms with van der Waals surface area (Å²) in [6, 6.07) is -1.26. The molecule has 0 aliphatic carbocycles. The molecule has 0 fully saturated rings. The van der Waals surface area contributed by atoms with Gasteiger partial charge in [-0.15, -0.1) is 0 Å². The van der Waals surface area contributed by atoms with Gasteiger partial charge in [0.05, 0.1) is 13.2 Å². The molecule has 1 amide bonds. The van der Waals surface area contributed by atoms with Crippen molar-refractivity contribution in [3.8, 4) is 0 Å². The monoisotopic (exact) mass is 174 g/mol. The number of nitrogens with one attached hydrogen (secondary N) is 1. The number of esters is 1. The average molecular weight is 174 g/mol. The quantitative estimate of drug-likeness (QED) is 0.538. The van der Waals surface area contributed by atoms with Crippen LogP contribution in [0, 0.1) is 0 Å². The van der Waals surface area contributed by atoms with E-state index in [0.717, 1.165) is 0 Å². The van der Waals surface area contributed by atoms with E-state index in [1.165, 1.54) is 14.0 Å². The number of hydrogen-bond acceptors (Lipinski definition) is 4. The number of ether oxygens (including phenoxy) is 1. The second kappa shape index (κ2) is 4.71. The number of methoxy groups -OCH3 is 1. The first-order valence-corrected chi connectivity index (χ1v) is 3.62. The van der Waals surface area contributed by atoms with Crippen molar-refractivity contribution in [2.45, 2.75) is 25.9 Å². The standard InChI is InChI=1S/C7H14N2O3/c1-4(8)6(10)9-5(2)7(11)12-3/h4-5H,8H2,1-3H3,(H,9,10)/t4?,5-/m1/s1. The van der Waals surface area contributed by atoms with Gasteiger partial charge in [0, 0.05) is 0 Å². The van der Waals surface area contributed by atoms with Gasteiger partial charge in [-0.3, -0.25) is 4.79 Å². The summed E-state index contributed by atoms with van der Waals surface area (Å²) in [6.07, 6.45) is 0. The molecular formula is C7H14N2O3. The van der Waals surface area contributed by atoms with Crippen LogP contribution < -0.4 is 11.1 Å². The summed E-state index contributed by atoms with van der Waals surface area (Å²) in [6.45, 7) is 3.07. The lowest BCUT2D eigenvalue weighted by Crippen LogP contribution is -2.46. The van der Waals surface area contributed by atoms with Gasteiger partial charge in [0.1, 0.15) is 6.04 Å². The number of carbonyl (C=O) groups is 2. The summed E-state index contributed by atoms with van der Waals surface area (Å²) in [4.78, 5) is 21.7. The molecule has 0 rings (SSSR count). The molecule has 0 aliphatic rings. The second-order valence-electron chi connectivity index (χ2n) is 2.54. The molecule has 0 aromatic heterocycles. The highest BCUT2D eigenvalue weighted by Crippen LogP contribution is 1.86. The number of hydrogen-bond donors (Lipinski definition) is 2. The van der Waals surface area contributed by atoms with E-state index in [0.29, 0.717) is 0 Å². The van der Waals surface area contributed by atoms with Crippen molar-refractivity contribution >= 4 is 11.9 Å². The maximum Gasteiger partial charge on any atom is 0.328 e. The molecule has 0 saturated heterocycles. The van der Waals surface area contributed by atoms with Crippen LogP contribution in [0.2, 0.25) is 0 Å². The number of amides is 1. The predicted molar refractivity (Wildman–Crippen MR) is 43.3 cm³/mol. The molecular weight excluding hydrogens is 160 g/mol. The van der Waals surface area contributed by atoms with Crippen molar-refractivity contribution in [2.75, 3.05) is 7.11 Å². The zero-order valence-electron chi connectivity index (χ0n) is 7.46. The van der Waals surface area contributed by atoms with Crippen molar-refractivity contribution < 1.29 is 14.3 Å². The van der Waals surface area contributed by atoms with Crippen molar-refractivity contribution in [3.63, 3.8) is 0 Å². The predicted octanol–water partition coefficient (Wildman–Crippen LogP) is -0.989. The minimum Gasteiger partial charge on any atom is -0.467 e. The van der Waals surface area contributed by atoms with E-state index in [4.69, 9.17) is 5.73 Å². The zero-order chi connectivity index (χ0) is 9.72. The van der Waals surface area contributed by atoms with E-state index >= 15 is 0 Å². The van der Waals surface area contributed by atoms with Crippen LogP contribution >= 0.6 is 0 Å². The highest BCUT2D eigenvalue weighted by Gasteiger charge is 2.17. The Labute approximate surface area is 71.3 Å². The Morgan fingerprint density at radius 2 is 1.92 bits per heavy atom. The maximum absolute atomic E-state index is 10.9. The van der Waals surface area contributed by atoms with Gasteiger partial charge in [0.15, 0.2) is 0 Å². The Hall–Kier alpha value is -1.10. The molecule has 12 heavy (non-hydrogen) atoms. The van der Waals surface area contributed by atoms with Gasteiger partial charge in [-0.1, -0.05) is 0 Å². The molecule has 0 aliphatic heterocycles. The normalized spacial score (nSPS) is 14.7. The van der Waals surface area contributed by atoms with E-state index in [-0.39, 0.29) is 5.91 Å². The van der Waals surface area contributed by atoms with Gasteiger partial charge in [-0.2, -0.15) is 0 Å². The first-order valence-electron chi connectivity index (χ1n) is 3.62. The molecule has 0 bridgehead atoms. The minimum absolute atomic E-state index is 0.368. The second-order valence-corrected chi connectivity index (χ2v) is 2.54. The fourth-order valence-corrected chi connectivity index (χ4v) is 0.581. The summed E-state index contributed by atoms with van der Waals surface area (Å²) in [5.41, 5.74) is 5.26. The first-order chi connectivity index (χ1) is 5.49. The zero-order valence-corrected chi connectivity index (χ0v) is 7.46. The van der Waals surface area contributed by atoms with Crippen LogP contribution in [-0.4, -0.2) is 31.1 Å². The molecule has 0 heterocycles. The number of rotatable bonds is 3. The van der Waals surface area contributed by atoms with Crippen molar-refractivity contribution in [1.29, 1.82) is 0 Å². The summed E-state index contributed by atoms with van der Waals surface area (Å²) in [5, 5.41) is 2.39. The lowest BCUT2D eigenvalue weighted by atomic mass is 10.3. The van der Waals surface area contributed by atoms with E-state index in [1.807, 2.05) is 0 Å². The molecule has 0 aromatic carbocycles. The molecule has 0 aromatic rings. The third kappa shape index (κ3) is 3.34. The van der Waals surface area contributed by atoms with Crippen LogP contribution in [0.15, 0.2) is 0 Å². The molecule has 0 radical (unpaired) electrons. The molecule has 0 saturated carbocycles. The van der Waals surface area contributed by atoms with Gasteiger partial charge < -0.3 is 15.8 Å². The third-order valence-electron chi connectivity index (χ3n) is 1.33. The molecule has 1 unspecified atom stereocenters. The fourth-order valence-electron chi connectivity index (χ4n) is 0.581. The van der Waals surface area contributed by atoms with Gasteiger partial charge >= 0.3 is 5.97 Å².